The third kappa shape index (κ3) is 3.23. The number of rotatable bonds is 5. The maximum absolute atomic E-state index is 11.2. The van der Waals surface area contributed by atoms with Crippen LogP contribution in [0.25, 0.3) is 11.6 Å². The van der Waals surface area contributed by atoms with E-state index in [1.54, 1.807) is 25.1 Å². The summed E-state index contributed by atoms with van der Waals surface area (Å²) in [6.07, 6.45) is 1.48. The molecule has 1 N–H and O–H groups in total. The van der Waals surface area contributed by atoms with E-state index in [1.807, 2.05) is 0 Å². The van der Waals surface area contributed by atoms with Crippen LogP contribution in [0.2, 0.25) is 0 Å². The van der Waals surface area contributed by atoms with Crippen molar-refractivity contribution >= 4 is 17.3 Å². The summed E-state index contributed by atoms with van der Waals surface area (Å²) in [4.78, 5) is 10.5. The van der Waals surface area contributed by atoms with Gasteiger partial charge in [-0.1, -0.05) is 0 Å². The number of aromatic hydroxyl groups is 1. The highest BCUT2D eigenvalue weighted by Crippen LogP contribution is 2.39. The second-order valence-corrected chi connectivity index (χ2v) is 5.31. The lowest BCUT2D eigenvalue weighted by molar-refractivity contribution is -0.386. The highest BCUT2D eigenvalue weighted by Gasteiger charge is 2.20. The van der Waals surface area contributed by atoms with Crippen molar-refractivity contribution in [2.45, 2.75) is 6.92 Å². The van der Waals surface area contributed by atoms with Crippen LogP contribution in [0, 0.1) is 21.4 Å². The molecule has 0 unspecified atom stereocenters. The molecule has 1 aliphatic rings. The summed E-state index contributed by atoms with van der Waals surface area (Å²) < 4.78 is 15.8. The Labute approximate surface area is 148 Å². The topological polar surface area (TPSA) is 115 Å². The number of phenols is 1. The van der Waals surface area contributed by atoms with Crippen molar-refractivity contribution in [3.63, 3.8) is 0 Å². The molecule has 0 aromatic heterocycles. The van der Waals surface area contributed by atoms with Crippen LogP contribution in [0.15, 0.2) is 30.3 Å². The van der Waals surface area contributed by atoms with Gasteiger partial charge in [0.15, 0.2) is 17.2 Å². The highest BCUT2D eigenvalue weighted by atomic mass is 16.7. The molecule has 2 aromatic carbocycles. The van der Waals surface area contributed by atoms with Crippen LogP contribution in [0.1, 0.15) is 18.1 Å². The van der Waals surface area contributed by atoms with Gasteiger partial charge in [0.25, 0.3) is 0 Å². The van der Waals surface area contributed by atoms with E-state index in [-0.39, 0.29) is 24.7 Å². The maximum Gasteiger partial charge on any atom is 0.315 e. The normalized spacial score (nSPS) is 12.5. The van der Waals surface area contributed by atoms with Crippen LogP contribution in [-0.4, -0.2) is 23.4 Å². The summed E-state index contributed by atoms with van der Waals surface area (Å²) >= 11 is 0. The zero-order valence-corrected chi connectivity index (χ0v) is 13.8. The van der Waals surface area contributed by atoms with Crippen molar-refractivity contribution in [2.24, 2.45) is 0 Å². The van der Waals surface area contributed by atoms with Crippen LogP contribution in [0.3, 0.4) is 0 Å². The number of ether oxygens (including phenoxy) is 3. The van der Waals surface area contributed by atoms with Gasteiger partial charge in [0.2, 0.25) is 12.5 Å². The molecule has 1 aliphatic heterocycles. The second-order valence-electron chi connectivity index (χ2n) is 5.31. The molecule has 26 heavy (non-hydrogen) atoms. The average molecular weight is 354 g/mol. The van der Waals surface area contributed by atoms with E-state index in [0.29, 0.717) is 22.6 Å². The summed E-state index contributed by atoms with van der Waals surface area (Å²) in [5.74, 6) is 0.548. The van der Waals surface area contributed by atoms with E-state index in [0.717, 1.165) is 0 Å². The largest absolute Gasteiger partial charge is 0.500 e. The number of hydrogen-bond acceptors (Lipinski definition) is 7. The van der Waals surface area contributed by atoms with E-state index in [4.69, 9.17) is 14.2 Å². The SMILES string of the molecule is CCOc1cc(/C=C(/C#N)c2ccc3c(c2)OCO3)cc([N+](=O)[O-])c1O. The predicted octanol–water partition coefficient (Wildman–Crippen LogP) is 3.49. The molecule has 0 amide bonds. The fourth-order valence-electron chi connectivity index (χ4n) is 2.51. The van der Waals surface area contributed by atoms with Gasteiger partial charge in [-0.25, -0.2) is 0 Å². The lowest BCUT2D eigenvalue weighted by Crippen LogP contribution is -1.96. The molecule has 3 rings (SSSR count). The van der Waals surface area contributed by atoms with Crippen molar-refractivity contribution in [1.82, 2.24) is 0 Å². The number of nitrogens with zero attached hydrogens (tertiary/aromatic N) is 2. The Hall–Kier alpha value is -3.73. The summed E-state index contributed by atoms with van der Waals surface area (Å²) in [6.45, 7) is 2.04. The minimum Gasteiger partial charge on any atom is -0.500 e. The smallest absolute Gasteiger partial charge is 0.315 e. The summed E-state index contributed by atoms with van der Waals surface area (Å²) in [6, 6.07) is 9.73. The molecule has 0 fully saturated rings. The van der Waals surface area contributed by atoms with Crippen LogP contribution in [0.4, 0.5) is 5.69 Å². The first-order valence-electron chi connectivity index (χ1n) is 7.69. The molecule has 1 heterocycles. The molecule has 0 atom stereocenters. The second kappa shape index (κ2) is 7.03. The quantitative estimate of drug-likeness (QED) is 0.378. The summed E-state index contributed by atoms with van der Waals surface area (Å²) in [7, 11) is 0. The Kier molecular flexibility index (Phi) is 4.62. The first kappa shape index (κ1) is 17.1. The van der Waals surface area contributed by atoms with E-state index in [2.05, 4.69) is 6.07 Å². The van der Waals surface area contributed by atoms with Gasteiger partial charge in [-0.2, -0.15) is 5.26 Å². The number of hydrogen-bond donors (Lipinski definition) is 1. The van der Waals surface area contributed by atoms with Gasteiger partial charge in [-0.05, 0) is 48.4 Å². The molecule has 2 aromatic rings. The van der Waals surface area contributed by atoms with Crippen LogP contribution in [0.5, 0.6) is 23.0 Å². The molecular formula is C18H14N2O6. The van der Waals surface area contributed by atoms with Gasteiger partial charge >= 0.3 is 5.69 Å². The van der Waals surface area contributed by atoms with E-state index in [1.165, 1.54) is 18.2 Å². The van der Waals surface area contributed by atoms with Gasteiger partial charge in [-0.15, -0.1) is 0 Å². The van der Waals surface area contributed by atoms with Gasteiger partial charge in [-0.3, -0.25) is 10.1 Å². The molecule has 0 spiro atoms. The molecule has 0 bridgehead atoms. The number of fused-ring (bicyclic) bond motifs is 1. The molecule has 0 radical (unpaired) electrons. The number of benzene rings is 2. The van der Waals surface area contributed by atoms with E-state index in [9.17, 15) is 20.5 Å². The zero-order chi connectivity index (χ0) is 18.7. The van der Waals surface area contributed by atoms with Gasteiger partial charge in [0.05, 0.1) is 23.2 Å². The fraction of sp³-hybridized carbons (Fsp3) is 0.167. The van der Waals surface area contributed by atoms with E-state index < -0.39 is 16.4 Å². The van der Waals surface area contributed by atoms with Crippen LogP contribution >= 0.6 is 0 Å². The first-order chi connectivity index (χ1) is 12.5. The molecular weight excluding hydrogens is 340 g/mol. The highest BCUT2D eigenvalue weighted by molar-refractivity contribution is 5.91. The Morgan fingerprint density at radius 3 is 2.85 bits per heavy atom. The zero-order valence-electron chi connectivity index (χ0n) is 13.8. The minimum absolute atomic E-state index is 0.0177. The Bertz CT molecular complexity index is 945. The number of nitriles is 1. The monoisotopic (exact) mass is 354 g/mol. The molecule has 132 valence electrons. The Morgan fingerprint density at radius 2 is 2.15 bits per heavy atom. The average Bonchev–Trinajstić information content (AvgIpc) is 3.09. The van der Waals surface area contributed by atoms with Crippen molar-refractivity contribution < 1.29 is 24.2 Å². The number of allylic oxidation sites excluding steroid dienone is 1. The lowest BCUT2D eigenvalue weighted by Gasteiger charge is -2.08. The first-order valence-corrected chi connectivity index (χ1v) is 7.69. The van der Waals surface area contributed by atoms with Gasteiger partial charge in [0, 0.05) is 6.07 Å². The van der Waals surface area contributed by atoms with Crippen molar-refractivity contribution in [1.29, 1.82) is 5.26 Å². The maximum atomic E-state index is 11.2. The predicted molar refractivity (Wildman–Crippen MR) is 92.0 cm³/mol. The third-order valence-corrected chi connectivity index (χ3v) is 3.69. The van der Waals surface area contributed by atoms with Crippen molar-refractivity contribution in [3.05, 3.63) is 51.6 Å². The van der Waals surface area contributed by atoms with Crippen molar-refractivity contribution in [2.75, 3.05) is 13.4 Å². The standard InChI is InChI=1S/C18H14N2O6/c1-2-24-17-7-11(6-14(18(17)21)20(22)23)5-13(9-19)12-3-4-15-16(8-12)26-10-25-15/h3-8,21H,2,10H2,1H3/b13-5-. The Morgan fingerprint density at radius 1 is 1.38 bits per heavy atom. The van der Waals surface area contributed by atoms with Gasteiger partial charge in [0.1, 0.15) is 0 Å². The van der Waals surface area contributed by atoms with Crippen LogP contribution < -0.4 is 14.2 Å². The fourth-order valence-corrected chi connectivity index (χ4v) is 2.51. The van der Waals surface area contributed by atoms with Crippen molar-refractivity contribution in [3.8, 4) is 29.1 Å². The third-order valence-electron chi connectivity index (χ3n) is 3.69. The molecule has 8 nitrogen and oxygen atoms in total. The number of phenolic OH excluding ortho intramolecular Hbond substituents is 1. The lowest BCUT2D eigenvalue weighted by atomic mass is 10.0. The molecule has 0 saturated carbocycles. The molecule has 0 saturated heterocycles. The summed E-state index contributed by atoms with van der Waals surface area (Å²) in [5, 5.41) is 30.6. The summed E-state index contributed by atoms with van der Waals surface area (Å²) in [5.41, 5.74) is 0.702. The number of nitro benzene ring substituents is 1. The molecule has 8 heteroatoms. The number of nitro groups is 1. The molecule has 0 aliphatic carbocycles. The van der Waals surface area contributed by atoms with Crippen LogP contribution in [-0.2, 0) is 0 Å². The van der Waals surface area contributed by atoms with E-state index >= 15 is 0 Å². The Balaban J connectivity index is 2.06. The minimum atomic E-state index is -0.707. The van der Waals surface area contributed by atoms with Gasteiger partial charge < -0.3 is 19.3 Å².